The molecule has 1 N–H and O–H groups in total. The van der Waals surface area contributed by atoms with Gasteiger partial charge in [-0.3, -0.25) is 4.90 Å². The quantitative estimate of drug-likeness (QED) is 0.686. The number of likely N-dealkylation sites (tertiary alicyclic amines) is 1. The molecule has 2 nitrogen and oxygen atoms in total. The van der Waals surface area contributed by atoms with Crippen molar-refractivity contribution in [3.63, 3.8) is 0 Å². The molecule has 0 aromatic heterocycles. The van der Waals surface area contributed by atoms with E-state index in [9.17, 15) is 8.78 Å². The largest absolute Gasteiger partial charge is 0.392 e. The molecule has 2 atom stereocenters. The number of aliphatic hydroxyl groups excluding tert-OH is 1. The zero-order valence-electron chi connectivity index (χ0n) is 7.43. The Kier molecular flexibility index (Phi) is 2.68. The van der Waals surface area contributed by atoms with Crippen LogP contribution in [0.2, 0.25) is 0 Å². The van der Waals surface area contributed by atoms with Crippen LogP contribution >= 0.6 is 0 Å². The number of nitrogens with zero attached hydrogens (tertiary/aromatic N) is 1. The normalized spacial score (nSPS) is 28.8. The molecular weight excluding hydrogens is 164 g/mol. The Labute approximate surface area is 71.2 Å². The van der Waals surface area contributed by atoms with Gasteiger partial charge in [-0.05, 0) is 13.8 Å². The molecule has 72 valence electrons. The molecule has 0 bridgehead atoms. The molecule has 0 aliphatic carbocycles. The van der Waals surface area contributed by atoms with Gasteiger partial charge in [-0.1, -0.05) is 0 Å². The van der Waals surface area contributed by atoms with Crippen molar-refractivity contribution in [1.29, 1.82) is 0 Å². The molecule has 0 radical (unpaired) electrons. The minimum absolute atomic E-state index is 0.0793. The minimum Gasteiger partial charge on any atom is -0.392 e. The van der Waals surface area contributed by atoms with Crippen molar-refractivity contribution in [2.45, 2.75) is 38.3 Å². The summed E-state index contributed by atoms with van der Waals surface area (Å²) >= 11 is 0. The lowest BCUT2D eigenvalue weighted by atomic mass is 10.2. The van der Waals surface area contributed by atoms with E-state index >= 15 is 0 Å². The van der Waals surface area contributed by atoms with E-state index in [2.05, 4.69) is 0 Å². The van der Waals surface area contributed by atoms with E-state index in [-0.39, 0.29) is 19.0 Å². The molecule has 1 heterocycles. The van der Waals surface area contributed by atoms with E-state index < -0.39 is 12.0 Å². The fourth-order valence-electron chi connectivity index (χ4n) is 1.42. The number of aliphatic hydroxyl groups is 1. The zero-order chi connectivity index (χ0) is 9.35. The monoisotopic (exact) mass is 179 g/mol. The first-order valence-electron chi connectivity index (χ1n) is 4.22. The van der Waals surface area contributed by atoms with E-state index in [1.165, 1.54) is 0 Å². The Bertz CT molecular complexity index is 161. The maximum absolute atomic E-state index is 12.7. The second kappa shape index (κ2) is 3.26. The maximum atomic E-state index is 12.7. The summed E-state index contributed by atoms with van der Waals surface area (Å²) < 4.78 is 25.4. The summed E-state index contributed by atoms with van der Waals surface area (Å²) in [6.45, 7) is 3.57. The molecule has 12 heavy (non-hydrogen) atoms. The topological polar surface area (TPSA) is 23.5 Å². The lowest BCUT2D eigenvalue weighted by Gasteiger charge is -2.25. The summed E-state index contributed by atoms with van der Waals surface area (Å²) in [6, 6.07) is -0.168. The summed E-state index contributed by atoms with van der Waals surface area (Å²) in [5.74, 6) is -2.55. The highest BCUT2D eigenvalue weighted by molar-refractivity contribution is 4.86. The zero-order valence-corrected chi connectivity index (χ0v) is 7.43. The van der Waals surface area contributed by atoms with Crippen LogP contribution < -0.4 is 0 Å². The highest BCUT2D eigenvalue weighted by Crippen LogP contribution is 2.28. The molecule has 2 unspecified atom stereocenters. The van der Waals surface area contributed by atoms with Crippen LogP contribution in [0, 0.1) is 0 Å². The van der Waals surface area contributed by atoms with Crippen molar-refractivity contribution in [2.24, 2.45) is 0 Å². The molecule has 1 fully saturated rings. The third-order valence-corrected chi connectivity index (χ3v) is 2.47. The molecule has 0 spiro atoms. The van der Waals surface area contributed by atoms with Gasteiger partial charge in [0.15, 0.2) is 0 Å². The molecule has 0 aromatic rings. The number of hydrogen-bond acceptors (Lipinski definition) is 2. The van der Waals surface area contributed by atoms with Crippen LogP contribution in [0.15, 0.2) is 0 Å². The van der Waals surface area contributed by atoms with Gasteiger partial charge in [-0.2, -0.15) is 0 Å². The van der Waals surface area contributed by atoms with Crippen molar-refractivity contribution in [3.05, 3.63) is 0 Å². The van der Waals surface area contributed by atoms with Gasteiger partial charge < -0.3 is 5.11 Å². The third-order valence-electron chi connectivity index (χ3n) is 2.47. The Hall–Kier alpha value is -0.220. The lowest BCUT2D eigenvalue weighted by molar-refractivity contribution is -0.00102. The number of alkyl halides is 2. The summed E-state index contributed by atoms with van der Waals surface area (Å²) in [7, 11) is 0. The van der Waals surface area contributed by atoms with E-state index in [0.717, 1.165) is 0 Å². The predicted molar refractivity (Wildman–Crippen MR) is 42.3 cm³/mol. The average molecular weight is 179 g/mol. The molecule has 4 heteroatoms. The lowest BCUT2D eigenvalue weighted by Crippen LogP contribution is -2.39. The van der Waals surface area contributed by atoms with Crippen LogP contribution in [0.3, 0.4) is 0 Å². The second-order valence-corrected chi connectivity index (χ2v) is 3.56. The van der Waals surface area contributed by atoms with Gasteiger partial charge in [-0.15, -0.1) is 0 Å². The molecule has 0 saturated carbocycles. The summed E-state index contributed by atoms with van der Waals surface area (Å²) in [4.78, 5) is 1.63. The van der Waals surface area contributed by atoms with Gasteiger partial charge in [0.1, 0.15) is 0 Å². The van der Waals surface area contributed by atoms with Gasteiger partial charge in [0.25, 0.3) is 5.92 Å². The van der Waals surface area contributed by atoms with Gasteiger partial charge in [0.05, 0.1) is 12.6 Å². The predicted octanol–water partition coefficient (Wildman–Crippen LogP) is 1.10. The number of rotatable bonds is 2. The average Bonchev–Trinajstić information content (AvgIpc) is 2.28. The molecule has 1 rings (SSSR count). The van der Waals surface area contributed by atoms with Crippen LogP contribution in [-0.4, -0.2) is 41.2 Å². The molecular formula is C8H15F2NO. The van der Waals surface area contributed by atoms with Gasteiger partial charge in [-0.25, -0.2) is 8.78 Å². The molecule has 0 amide bonds. The Morgan fingerprint density at radius 3 is 2.33 bits per heavy atom. The third kappa shape index (κ3) is 2.14. The van der Waals surface area contributed by atoms with Crippen LogP contribution in [0.1, 0.15) is 20.3 Å². The van der Waals surface area contributed by atoms with Crippen LogP contribution in [0.25, 0.3) is 0 Å². The minimum atomic E-state index is -2.55. The summed E-state index contributed by atoms with van der Waals surface area (Å²) in [5, 5.41) is 9.16. The van der Waals surface area contributed by atoms with Crippen LogP contribution in [-0.2, 0) is 0 Å². The molecule has 1 saturated heterocycles. The fourth-order valence-corrected chi connectivity index (χ4v) is 1.42. The van der Waals surface area contributed by atoms with Crippen molar-refractivity contribution in [2.75, 3.05) is 13.1 Å². The van der Waals surface area contributed by atoms with E-state index in [0.29, 0.717) is 6.54 Å². The fraction of sp³-hybridized carbons (Fsp3) is 1.00. The van der Waals surface area contributed by atoms with Crippen molar-refractivity contribution < 1.29 is 13.9 Å². The second-order valence-electron chi connectivity index (χ2n) is 3.56. The van der Waals surface area contributed by atoms with Gasteiger partial charge >= 0.3 is 0 Å². The number of halogens is 2. The van der Waals surface area contributed by atoms with Gasteiger partial charge in [0.2, 0.25) is 0 Å². The van der Waals surface area contributed by atoms with Crippen LogP contribution in [0.4, 0.5) is 8.78 Å². The number of hydrogen-bond donors (Lipinski definition) is 1. The SMILES string of the molecule is CC(O)C(C)N1CCC(F)(F)C1. The molecule has 1 aliphatic rings. The maximum Gasteiger partial charge on any atom is 0.261 e. The highest BCUT2D eigenvalue weighted by Gasteiger charge is 2.40. The van der Waals surface area contributed by atoms with Crippen LogP contribution in [0.5, 0.6) is 0 Å². The molecule has 1 aliphatic heterocycles. The standard InChI is InChI=1S/C8H15F2NO/c1-6(7(2)12)11-4-3-8(9,10)5-11/h6-7,12H,3-5H2,1-2H3. The first-order valence-corrected chi connectivity index (χ1v) is 4.22. The van der Waals surface area contributed by atoms with Gasteiger partial charge in [0, 0.05) is 19.0 Å². The highest BCUT2D eigenvalue weighted by atomic mass is 19.3. The molecule has 0 aromatic carbocycles. The van der Waals surface area contributed by atoms with E-state index in [1.807, 2.05) is 0 Å². The Morgan fingerprint density at radius 2 is 2.00 bits per heavy atom. The first kappa shape index (κ1) is 9.86. The summed E-state index contributed by atoms with van der Waals surface area (Å²) in [6.07, 6.45) is -0.622. The van der Waals surface area contributed by atoms with E-state index in [1.54, 1.807) is 18.7 Å². The van der Waals surface area contributed by atoms with Crippen molar-refractivity contribution in [3.8, 4) is 0 Å². The van der Waals surface area contributed by atoms with Crippen molar-refractivity contribution in [1.82, 2.24) is 4.90 Å². The first-order chi connectivity index (χ1) is 5.42. The smallest absolute Gasteiger partial charge is 0.261 e. The summed E-state index contributed by atoms with van der Waals surface area (Å²) in [5.41, 5.74) is 0. The Morgan fingerprint density at radius 1 is 1.42 bits per heavy atom. The Balaban J connectivity index is 2.47. The van der Waals surface area contributed by atoms with E-state index in [4.69, 9.17) is 5.11 Å². The van der Waals surface area contributed by atoms with Crippen molar-refractivity contribution >= 4 is 0 Å².